The summed E-state index contributed by atoms with van der Waals surface area (Å²) < 4.78 is 11.3. The van der Waals surface area contributed by atoms with E-state index in [9.17, 15) is 0 Å². The number of quaternary nitrogens is 1. The van der Waals surface area contributed by atoms with E-state index in [0.29, 0.717) is 6.61 Å². The van der Waals surface area contributed by atoms with Gasteiger partial charge in [-0.2, -0.15) is 0 Å². The Balaban J connectivity index is 2.16. The number of hydrogen-bond donors (Lipinski definition) is 1. The van der Waals surface area contributed by atoms with Gasteiger partial charge in [0.15, 0.2) is 11.5 Å². The van der Waals surface area contributed by atoms with Gasteiger partial charge in [-0.05, 0) is 29.8 Å². The predicted molar refractivity (Wildman–Crippen MR) is 80.3 cm³/mol. The van der Waals surface area contributed by atoms with E-state index in [1.165, 1.54) is 0 Å². The van der Waals surface area contributed by atoms with Gasteiger partial charge >= 0.3 is 0 Å². The quantitative estimate of drug-likeness (QED) is 0.888. The summed E-state index contributed by atoms with van der Waals surface area (Å²) in [6.45, 7) is 1.35. The Morgan fingerprint density at radius 1 is 1.10 bits per heavy atom. The van der Waals surface area contributed by atoms with Crippen molar-refractivity contribution in [2.45, 2.75) is 13.2 Å². The fourth-order valence-electron chi connectivity index (χ4n) is 2.00. The highest BCUT2D eigenvalue weighted by Crippen LogP contribution is 2.31. The Hall–Kier alpha value is -1.71. The van der Waals surface area contributed by atoms with Crippen LogP contribution in [0.3, 0.4) is 0 Å². The molecule has 0 saturated carbocycles. The number of rotatable bonds is 6. The molecule has 20 heavy (non-hydrogen) atoms. The molecule has 3 nitrogen and oxygen atoms in total. The first-order valence-electron chi connectivity index (χ1n) is 6.55. The van der Waals surface area contributed by atoms with E-state index in [4.69, 9.17) is 21.1 Å². The lowest BCUT2D eigenvalue weighted by Crippen LogP contribution is -2.77. The highest BCUT2D eigenvalue weighted by molar-refractivity contribution is 6.30. The van der Waals surface area contributed by atoms with Crippen molar-refractivity contribution in [2.24, 2.45) is 0 Å². The van der Waals surface area contributed by atoms with Crippen LogP contribution in [0.1, 0.15) is 11.1 Å². The van der Waals surface area contributed by atoms with Gasteiger partial charge in [0.05, 0.1) is 19.7 Å². The van der Waals surface area contributed by atoms with E-state index in [1.54, 1.807) is 7.11 Å². The van der Waals surface area contributed by atoms with Crippen LogP contribution >= 0.6 is 11.6 Å². The van der Waals surface area contributed by atoms with Gasteiger partial charge < -0.3 is 14.8 Å². The average molecular weight is 293 g/mol. The van der Waals surface area contributed by atoms with Crippen LogP contribution in [0.25, 0.3) is 0 Å². The number of methoxy groups -OCH3 is 1. The van der Waals surface area contributed by atoms with Crippen molar-refractivity contribution in [2.75, 3.05) is 14.2 Å². The summed E-state index contributed by atoms with van der Waals surface area (Å²) in [5, 5.41) is 2.83. The van der Waals surface area contributed by atoms with E-state index < -0.39 is 0 Å². The summed E-state index contributed by atoms with van der Waals surface area (Å²) in [6.07, 6.45) is 0. The van der Waals surface area contributed by atoms with Crippen molar-refractivity contribution in [1.82, 2.24) is 0 Å². The van der Waals surface area contributed by atoms with Crippen molar-refractivity contribution in [3.63, 3.8) is 0 Å². The number of halogens is 1. The minimum Gasteiger partial charge on any atom is -0.493 e. The van der Waals surface area contributed by atoms with Gasteiger partial charge in [0, 0.05) is 5.02 Å². The fraction of sp³-hybridized carbons (Fsp3) is 0.250. The van der Waals surface area contributed by atoms with Crippen LogP contribution < -0.4 is 14.8 Å². The van der Waals surface area contributed by atoms with Crippen LogP contribution in [0, 0.1) is 0 Å². The molecule has 0 spiro atoms. The number of hydrogen-bond acceptors (Lipinski definition) is 2. The molecule has 0 unspecified atom stereocenters. The standard InChI is InChI=1S/C16H18ClNO2/c1-18-10-13-4-3-5-15(19-2)16(13)20-11-12-6-8-14(17)9-7-12/h3-9,18H,10-11H2,1-2H3/p+1. The second-order valence-electron chi connectivity index (χ2n) is 4.48. The molecule has 0 aromatic heterocycles. The molecule has 0 atom stereocenters. The third kappa shape index (κ3) is 3.65. The predicted octanol–water partition coefficient (Wildman–Crippen LogP) is 2.62. The molecule has 0 bridgehead atoms. The Labute approximate surface area is 124 Å². The van der Waals surface area contributed by atoms with Crippen LogP contribution in [-0.2, 0) is 13.2 Å². The molecule has 0 aliphatic rings. The van der Waals surface area contributed by atoms with Gasteiger partial charge in [-0.25, -0.2) is 0 Å². The summed E-state index contributed by atoms with van der Waals surface area (Å²) >= 11 is 5.88. The summed E-state index contributed by atoms with van der Waals surface area (Å²) in [5.41, 5.74) is 2.20. The Kier molecular flexibility index (Phi) is 5.27. The van der Waals surface area contributed by atoms with Crippen LogP contribution in [0.4, 0.5) is 0 Å². The highest BCUT2D eigenvalue weighted by atomic mass is 35.5. The number of para-hydroxylation sites is 1. The Morgan fingerprint density at radius 2 is 1.85 bits per heavy atom. The molecule has 0 aliphatic carbocycles. The maximum Gasteiger partial charge on any atom is 0.170 e. The van der Waals surface area contributed by atoms with E-state index in [1.807, 2.05) is 43.4 Å². The third-order valence-corrected chi connectivity index (χ3v) is 3.25. The van der Waals surface area contributed by atoms with Crippen LogP contribution in [0.2, 0.25) is 5.02 Å². The van der Waals surface area contributed by atoms with E-state index in [2.05, 4.69) is 11.4 Å². The molecule has 0 heterocycles. The van der Waals surface area contributed by atoms with E-state index in [0.717, 1.165) is 34.2 Å². The summed E-state index contributed by atoms with van der Waals surface area (Å²) in [4.78, 5) is 0. The maximum atomic E-state index is 5.95. The molecule has 4 heteroatoms. The van der Waals surface area contributed by atoms with Crippen molar-refractivity contribution < 1.29 is 14.8 Å². The number of ether oxygens (including phenoxy) is 2. The second-order valence-corrected chi connectivity index (χ2v) is 4.91. The van der Waals surface area contributed by atoms with Gasteiger partial charge in [-0.3, -0.25) is 0 Å². The molecule has 0 fully saturated rings. The lowest BCUT2D eigenvalue weighted by molar-refractivity contribution is -0.643. The lowest BCUT2D eigenvalue weighted by Gasteiger charge is -2.14. The Morgan fingerprint density at radius 3 is 2.50 bits per heavy atom. The van der Waals surface area contributed by atoms with Gasteiger partial charge in [0.25, 0.3) is 0 Å². The summed E-state index contributed by atoms with van der Waals surface area (Å²) in [6, 6.07) is 13.6. The zero-order valence-corrected chi connectivity index (χ0v) is 12.5. The normalized spacial score (nSPS) is 10.3. The molecule has 0 aliphatic heterocycles. The maximum absolute atomic E-state index is 5.95. The smallest absolute Gasteiger partial charge is 0.170 e. The molecular formula is C16H19ClNO2+. The van der Waals surface area contributed by atoms with E-state index >= 15 is 0 Å². The average Bonchev–Trinajstić information content (AvgIpc) is 2.47. The monoisotopic (exact) mass is 292 g/mol. The third-order valence-electron chi connectivity index (χ3n) is 3.00. The molecule has 106 valence electrons. The molecule has 0 amide bonds. The van der Waals surface area contributed by atoms with Crippen molar-refractivity contribution in [3.8, 4) is 11.5 Å². The number of benzene rings is 2. The molecule has 2 aromatic carbocycles. The molecular weight excluding hydrogens is 274 g/mol. The zero-order chi connectivity index (χ0) is 14.4. The zero-order valence-electron chi connectivity index (χ0n) is 11.7. The van der Waals surface area contributed by atoms with Gasteiger partial charge in [-0.1, -0.05) is 29.8 Å². The first kappa shape index (κ1) is 14.7. The minimum absolute atomic E-state index is 0.494. The van der Waals surface area contributed by atoms with E-state index in [-0.39, 0.29) is 0 Å². The molecule has 0 radical (unpaired) electrons. The SMILES string of the molecule is C[NH2+]Cc1cccc(OC)c1OCc1ccc(Cl)cc1. The van der Waals surface area contributed by atoms with Gasteiger partial charge in [0.1, 0.15) is 13.2 Å². The summed E-state index contributed by atoms with van der Waals surface area (Å²) in [7, 11) is 3.69. The van der Waals surface area contributed by atoms with Crippen molar-refractivity contribution in [1.29, 1.82) is 0 Å². The minimum atomic E-state index is 0.494. The highest BCUT2D eigenvalue weighted by Gasteiger charge is 2.11. The first-order chi connectivity index (χ1) is 9.74. The molecule has 0 saturated heterocycles. The van der Waals surface area contributed by atoms with Crippen LogP contribution in [-0.4, -0.2) is 14.2 Å². The van der Waals surface area contributed by atoms with Crippen molar-refractivity contribution in [3.05, 3.63) is 58.6 Å². The second kappa shape index (κ2) is 7.17. The molecule has 2 rings (SSSR count). The first-order valence-corrected chi connectivity index (χ1v) is 6.93. The summed E-state index contributed by atoms with van der Waals surface area (Å²) in [5.74, 6) is 1.57. The van der Waals surface area contributed by atoms with Crippen LogP contribution in [0.5, 0.6) is 11.5 Å². The van der Waals surface area contributed by atoms with Crippen LogP contribution in [0.15, 0.2) is 42.5 Å². The van der Waals surface area contributed by atoms with Gasteiger partial charge in [0.2, 0.25) is 0 Å². The fourth-order valence-corrected chi connectivity index (χ4v) is 2.13. The Bertz CT molecular complexity index is 555. The largest absolute Gasteiger partial charge is 0.493 e. The topological polar surface area (TPSA) is 35.1 Å². The van der Waals surface area contributed by atoms with Gasteiger partial charge in [-0.15, -0.1) is 0 Å². The molecule has 2 N–H and O–H groups in total. The number of nitrogens with two attached hydrogens (primary N) is 1. The van der Waals surface area contributed by atoms with Crippen molar-refractivity contribution >= 4 is 11.6 Å². The lowest BCUT2D eigenvalue weighted by atomic mass is 10.2. The molecule has 2 aromatic rings.